The van der Waals surface area contributed by atoms with Crippen LogP contribution in [0.3, 0.4) is 0 Å². The molecule has 0 aliphatic carbocycles. The molecule has 122 valence electrons. The molecule has 3 N–H and O–H groups in total. The van der Waals surface area contributed by atoms with Gasteiger partial charge in [0.15, 0.2) is 0 Å². The molecule has 1 aromatic heterocycles. The quantitative estimate of drug-likeness (QED) is 0.476. The van der Waals surface area contributed by atoms with Gasteiger partial charge in [-0.05, 0) is 19.4 Å². The topological polar surface area (TPSA) is 137 Å². The molecule has 0 atom stereocenters. The summed E-state index contributed by atoms with van der Waals surface area (Å²) >= 11 is 0. The Balaban J connectivity index is 2.42. The van der Waals surface area contributed by atoms with E-state index in [4.69, 9.17) is 5.73 Å². The fourth-order valence-electron chi connectivity index (χ4n) is 2.88. The van der Waals surface area contributed by atoms with Crippen molar-refractivity contribution in [3.05, 3.63) is 60.9 Å². The SMILES string of the molecule is Cc1ccc([N+](=O)[O-])c(C)c1-n1c(N)c2c(cc1=O)C(=O)NC2=O. The van der Waals surface area contributed by atoms with Crippen LogP contribution < -0.4 is 16.6 Å². The number of carbonyl (C=O) groups excluding carboxylic acids is 2. The standard InChI is InChI=1S/C15H12N4O5/c1-6-3-4-9(19(23)24)7(2)12(6)18-10(20)5-8-11(13(18)16)15(22)17-14(8)21/h3-5H,16H2,1-2H3,(H,17,21,22). The number of nitrogens with two attached hydrogens (primary N) is 1. The molecule has 9 nitrogen and oxygen atoms in total. The lowest BCUT2D eigenvalue weighted by Gasteiger charge is -2.16. The van der Waals surface area contributed by atoms with Crippen LogP contribution in [0, 0.1) is 24.0 Å². The van der Waals surface area contributed by atoms with Gasteiger partial charge in [-0.2, -0.15) is 0 Å². The third-order valence-corrected chi connectivity index (χ3v) is 3.98. The summed E-state index contributed by atoms with van der Waals surface area (Å²) in [5.74, 6) is -1.63. The van der Waals surface area contributed by atoms with Crippen molar-refractivity contribution in [2.75, 3.05) is 5.73 Å². The number of aromatic nitrogens is 1. The van der Waals surface area contributed by atoms with E-state index < -0.39 is 22.3 Å². The average molecular weight is 328 g/mol. The molecule has 0 spiro atoms. The molecule has 1 aromatic carbocycles. The van der Waals surface area contributed by atoms with E-state index >= 15 is 0 Å². The number of imide groups is 1. The van der Waals surface area contributed by atoms with E-state index in [0.29, 0.717) is 5.56 Å². The van der Waals surface area contributed by atoms with Crippen molar-refractivity contribution in [3.63, 3.8) is 0 Å². The van der Waals surface area contributed by atoms with E-state index in [2.05, 4.69) is 5.32 Å². The van der Waals surface area contributed by atoms with Gasteiger partial charge in [0.1, 0.15) is 5.82 Å². The van der Waals surface area contributed by atoms with E-state index in [-0.39, 0.29) is 33.9 Å². The van der Waals surface area contributed by atoms with Crippen molar-refractivity contribution in [2.24, 2.45) is 0 Å². The van der Waals surface area contributed by atoms with Crippen LogP contribution in [0.1, 0.15) is 31.8 Å². The van der Waals surface area contributed by atoms with Gasteiger partial charge in [-0.25, -0.2) is 0 Å². The van der Waals surface area contributed by atoms with Crippen LogP contribution >= 0.6 is 0 Å². The van der Waals surface area contributed by atoms with E-state index in [1.165, 1.54) is 19.1 Å². The number of fused-ring (bicyclic) bond motifs is 1. The van der Waals surface area contributed by atoms with Crippen LogP contribution in [0.25, 0.3) is 5.69 Å². The molecular formula is C15H12N4O5. The largest absolute Gasteiger partial charge is 0.384 e. The summed E-state index contributed by atoms with van der Waals surface area (Å²) in [5.41, 5.74) is 5.96. The Morgan fingerprint density at radius 3 is 2.46 bits per heavy atom. The summed E-state index contributed by atoms with van der Waals surface area (Å²) < 4.78 is 1.02. The Kier molecular flexibility index (Phi) is 3.22. The summed E-state index contributed by atoms with van der Waals surface area (Å²) in [6, 6.07) is 3.83. The van der Waals surface area contributed by atoms with Gasteiger partial charge in [0.05, 0.1) is 27.3 Å². The van der Waals surface area contributed by atoms with Gasteiger partial charge in [0.2, 0.25) is 0 Å². The minimum absolute atomic E-state index is 0.0977. The lowest BCUT2D eigenvalue weighted by atomic mass is 10.0. The molecule has 24 heavy (non-hydrogen) atoms. The maximum absolute atomic E-state index is 12.5. The number of carbonyl (C=O) groups is 2. The van der Waals surface area contributed by atoms with E-state index in [9.17, 15) is 24.5 Å². The molecule has 2 aromatic rings. The van der Waals surface area contributed by atoms with Crippen LogP contribution in [0.4, 0.5) is 11.5 Å². The number of nitro groups is 1. The van der Waals surface area contributed by atoms with Gasteiger partial charge in [-0.3, -0.25) is 34.4 Å². The van der Waals surface area contributed by atoms with E-state index in [1.807, 2.05) is 0 Å². The summed E-state index contributed by atoms with van der Waals surface area (Å²) in [4.78, 5) is 46.6. The third-order valence-electron chi connectivity index (χ3n) is 3.98. The molecule has 1 aliphatic heterocycles. The maximum atomic E-state index is 12.5. The molecule has 0 saturated heterocycles. The number of amides is 2. The first-order chi connectivity index (χ1) is 11.2. The molecule has 9 heteroatoms. The van der Waals surface area contributed by atoms with Crippen molar-refractivity contribution in [3.8, 4) is 5.69 Å². The maximum Gasteiger partial charge on any atom is 0.274 e. The Labute approximate surface area is 134 Å². The predicted octanol–water partition coefficient (Wildman–Crippen LogP) is 0.828. The van der Waals surface area contributed by atoms with Gasteiger partial charge in [0.25, 0.3) is 23.1 Å². The van der Waals surface area contributed by atoms with Crippen LogP contribution in [-0.4, -0.2) is 21.3 Å². The average Bonchev–Trinajstić information content (AvgIpc) is 2.76. The minimum Gasteiger partial charge on any atom is -0.384 e. The fraction of sp³-hybridized carbons (Fsp3) is 0.133. The predicted molar refractivity (Wildman–Crippen MR) is 84.4 cm³/mol. The highest BCUT2D eigenvalue weighted by Gasteiger charge is 2.32. The van der Waals surface area contributed by atoms with Crippen LogP contribution in [0.15, 0.2) is 23.0 Å². The molecule has 2 heterocycles. The number of anilines is 1. The van der Waals surface area contributed by atoms with E-state index in [0.717, 1.165) is 10.6 Å². The Morgan fingerprint density at radius 2 is 1.83 bits per heavy atom. The normalized spacial score (nSPS) is 12.9. The fourth-order valence-corrected chi connectivity index (χ4v) is 2.88. The molecule has 3 rings (SSSR count). The number of benzene rings is 1. The van der Waals surface area contributed by atoms with Gasteiger partial charge in [-0.15, -0.1) is 0 Å². The van der Waals surface area contributed by atoms with Crippen LogP contribution in [0.5, 0.6) is 0 Å². The van der Waals surface area contributed by atoms with Gasteiger partial charge in [0, 0.05) is 12.1 Å². The zero-order chi connectivity index (χ0) is 17.8. The Hall–Kier alpha value is -3.49. The molecule has 0 unspecified atom stereocenters. The number of rotatable bonds is 2. The Bertz CT molecular complexity index is 1010. The summed E-state index contributed by atoms with van der Waals surface area (Å²) in [6.45, 7) is 3.15. The van der Waals surface area contributed by atoms with Crippen molar-refractivity contribution in [1.29, 1.82) is 0 Å². The number of hydrogen-bond acceptors (Lipinski definition) is 6. The lowest BCUT2D eigenvalue weighted by Crippen LogP contribution is -2.25. The summed E-state index contributed by atoms with van der Waals surface area (Å²) in [5, 5.41) is 13.2. The molecule has 2 amide bonds. The molecule has 0 saturated carbocycles. The first-order valence-electron chi connectivity index (χ1n) is 6.90. The first kappa shape index (κ1) is 15.4. The number of nitro benzene ring substituents is 1. The molecule has 0 fully saturated rings. The lowest BCUT2D eigenvalue weighted by molar-refractivity contribution is -0.385. The second-order valence-electron chi connectivity index (χ2n) is 5.41. The second kappa shape index (κ2) is 5.01. The number of aryl methyl sites for hydroxylation is 1. The second-order valence-corrected chi connectivity index (χ2v) is 5.41. The number of nitrogens with zero attached hydrogens (tertiary/aromatic N) is 2. The van der Waals surface area contributed by atoms with Crippen molar-refractivity contribution >= 4 is 23.3 Å². The van der Waals surface area contributed by atoms with Crippen molar-refractivity contribution in [2.45, 2.75) is 13.8 Å². The number of nitrogen functional groups attached to an aromatic ring is 1. The van der Waals surface area contributed by atoms with Gasteiger partial charge in [-0.1, -0.05) is 6.07 Å². The number of nitrogens with one attached hydrogen (secondary N) is 1. The zero-order valence-corrected chi connectivity index (χ0v) is 12.7. The number of pyridine rings is 1. The molecule has 1 aliphatic rings. The molecule has 0 radical (unpaired) electrons. The third kappa shape index (κ3) is 1.98. The van der Waals surface area contributed by atoms with Crippen LogP contribution in [-0.2, 0) is 0 Å². The number of hydrogen-bond donors (Lipinski definition) is 2. The smallest absolute Gasteiger partial charge is 0.274 e. The van der Waals surface area contributed by atoms with Crippen molar-refractivity contribution in [1.82, 2.24) is 9.88 Å². The zero-order valence-electron chi connectivity index (χ0n) is 12.7. The molecule has 0 bridgehead atoms. The Morgan fingerprint density at radius 1 is 1.17 bits per heavy atom. The monoisotopic (exact) mass is 328 g/mol. The van der Waals surface area contributed by atoms with Crippen LogP contribution in [0.2, 0.25) is 0 Å². The molecular weight excluding hydrogens is 316 g/mol. The highest BCUT2D eigenvalue weighted by molar-refractivity contribution is 6.23. The van der Waals surface area contributed by atoms with E-state index in [1.54, 1.807) is 6.92 Å². The highest BCUT2D eigenvalue weighted by Crippen LogP contribution is 2.30. The van der Waals surface area contributed by atoms with Gasteiger partial charge >= 0.3 is 0 Å². The summed E-state index contributed by atoms with van der Waals surface area (Å²) in [6.07, 6.45) is 0. The summed E-state index contributed by atoms with van der Waals surface area (Å²) in [7, 11) is 0. The highest BCUT2D eigenvalue weighted by atomic mass is 16.6. The first-order valence-corrected chi connectivity index (χ1v) is 6.90. The van der Waals surface area contributed by atoms with Crippen molar-refractivity contribution < 1.29 is 14.5 Å². The van der Waals surface area contributed by atoms with Gasteiger partial charge < -0.3 is 5.73 Å². The minimum atomic E-state index is -0.706.